The molecule has 0 aromatic carbocycles. The number of ketones is 1. The molecule has 2 aromatic rings. The molecule has 1 aliphatic rings. The summed E-state index contributed by atoms with van der Waals surface area (Å²) < 4.78 is 2.08. The van der Waals surface area contributed by atoms with E-state index in [4.69, 9.17) is 0 Å². The van der Waals surface area contributed by atoms with E-state index in [9.17, 15) is 4.79 Å². The lowest BCUT2D eigenvalue weighted by atomic mass is 9.93. The maximum atomic E-state index is 12.0. The fraction of sp³-hybridized carbons (Fsp3) is 0.357. The number of Topliss-reactive ketones (excluding diaryl/α,β-unsaturated/α-hetero) is 1. The summed E-state index contributed by atoms with van der Waals surface area (Å²) in [6.07, 6.45) is 5.80. The summed E-state index contributed by atoms with van der Waals surface area (Å²) in [7, 11) is 0. The summed E-state index contributed by atoms with van der Waals surface area (Å²) in [5.74, 6) is 0.308. The third-order valence-electron chi connectivity index (χ3n) is 3.51. The maximum Gasteiger partial charge on any atom is 0.179 e. The van der Waals surface area contributed by atoms with Gasteiger partial charge < -0.3 is 4.40 Å². The van der Waals surface area contributed by atoms with E-state index in [0.717, 1.165) is 25.0 Å². The smallest absolute Gasteiger partial charge is 0.179 e. The van der Waals surface area contributed by atoms with E-state index in [0.29, 0.717) is 12.2 Å². The van der Waals surface area contributed by atoms with Gasteiger partial charge in [0, 0.05) is 18.1 Å². The fourth-order valence-corrected chi connectivity index (χ4v) is 2.84. The number of hydrogen-bond acceptors (Lipinski definition) is 1. The fourth-order valence-electron chi connectivity index (χ4n) is 2.84. The summed E-state index contributed by atoms with van der Waals surface area (Å²) in [6, 6.07) is 6.16. The molecule has 1 aliphatic carbocycles. The highest BCUT2D eigenvalue weighted by Crippen LogP contribution is 2.30. The van der Waals surface area contributed by atoms with Crippen LogP contribution in [0.1, 0.15) is 41.4 Å². The minimum absolute atomic E-state index is 0.308. The zero-order chi connectivity index (χ0) is 11.1. The predicted molar refractivity (Wildman–Crippen MR) is 64.0 cm³/mol. The summed E-state index contributed by atoms with van der Waals surface area (Å²) in [5, 5.41) is 0. The van der Waals surface area contributed by atoms with Gasteiger partial charge in [0.05, 0.1) is 5.69 Å². The topological polar surface area (TPSA) is 21.5 Å². The van der Waals surface area contributed by atoms with Crippen LogP contribution in [0, 0.1) is 0 Å². The molecule has 0 radical (unpaired) electrons. The van der Waals surface area contributed by atoms with Gasteiger partial charge in [-0.2, -0.15) is 0 Å². The standard InChI is InChI=1S/C14H15NO/c1-2-10-11-6-5-8-13(16)14(11)15-9-4-3-7-12(10)15/h3-4,7,9H,2,5-6,8H2,1H3. The lowest BCUT2D eigenvalue weighted by molar-refractivity contribution is 0.0966. The van der Waals surface area contributed by atoms with Crippen molar-refractivity contribution >= 4 is 11.3 Å². The van der Waals surface area contributed by atoms with E-state index in [2.05, 4.69) is 17.4 Å². The molecule has 0 saturated carbocycles. The Labute approximate surface area is 94.9 Å². The Hall–Kier alpha value is -1.57. The van der Waals surface area contributed by atoms with Gasteiger partial charge in [-0.1, -0.05) is 13.0 Å². The number of fused-ring (bicyclic) bond motifs is 3. The van der Waals surface area contributed by atoms with Crippen LogP contribution in [-0.4, -0.2) is 10.2 Å². The molecule has 2 heteroatoms. The average Bonchev–Trinajstić information content (AvgIpc) is 2.64. The van der Waals surface area contributed by atoms with E-state index >= 15 is 0 Å². The highest BCUT2D eigenvalue weighted by Gasteiger charge is 2.24. The van der Waals surface area contributed by atoms with Gasteiger partial charge in [-0.05, 0) is 42.5 Å². The molecular formula is C14H15NO. The number of carbonyl (C=O) groups excluding carboxylic acids is 1. The lowest BCUT2D eigenvalue weighted by Crippen LogP contribution is -2.12. The van der Waals surface area contributed by atoms with Gasteiger partial charge in [-0.3, -0.25) is 4.79 Å². The second kappa shape index (κ2) is 3.48. The molecule has 0 atom stereocenters. The van der Waals surface area contributed by atoms with Crippen molar-refractivity contribution in [2.75, 3.05) is 0 Å². The first-order valence-electron chi connectivity index (χ1n) is 5.97. The molecule has 0 aliphatic heterocycles. The van der Waals surface area contributed by atoms with Crippen LogP contribution in [0.25, 0.3) is 5.52 Å². The van der Waals surface area contributed by atoms with Gasteiger partial charge >= 0.3 is 0 Å². The number of carbonyl (C=O) groups is 1. The minimum Gasteiger partial charge on any atom is -0.313 e. The molecule has 0 amide bonds. The molecule has 2 heterocycles. The molecule has 0 spiro atoms. The van der Waals surface area contributed by atoms with Crippen LogP contribution >= 0.6 is 0 Å². The van der Waals surface area contributed by atoms with Crippen molar-refractivity contribution in [3.8, 4) is 0 Å². The summed E-state index contributed by atoms with van der Waals surface area (Å²) in [4.78, 5) is 12.0. The van der Waals surface area contributed by atoms with Crippen molar-refractivity contribution in [3.05, 3.63) is 41.2 Å². The minimum atomic E-state index is 0.308. The van der Waals surface area contributed by atoms with Gasteiger partial charge in [-0.15, -0.1) is 0 Å². The van der Waals surface area contributed by atoms with Crippen LogP contribution in [0.5, 0.6) is 0 Å². The lowest BCUT2D eigenvalue weighted by Gasteiger charge is -2.11. The Morgan fingerprint density at radius 3 is 3.00 bits per heavy atom. The molecule has 0 saturated heterocycles. The highest BCUT2D eigenvalue weighted by molar-refractivity contribution is 5.99. The highest BCUT2D eigenvalue weighted by atomic mass is 16.1. The average molecular weight is 213 g/mol. The van der Waals surface area contributed by atoms with Crippen LogP contribution in [0.2, 0.25) is 0 Å². The van der Waals surface area contributed by atoms with Crippen molar-refractivity contribution in [1.82, 2.24) is 4.40 Å². The molecule has 16 heavy (non-hydrogen) atoms. The maximum absolute atomic E-state index is 12.0. The summed E-state index contributed by atoms with van der Waals surface area (Å²) >= 11 is 0. The first kappa shape index (κ1) is 9.64. The molecule has 0 unspecified atom stereocenters. The largest absolute Gasteiger partial charge is 0.313 e. The summed E-state index contributed by atoms with van der Waals surface area (Å²) in [6.45, 7) is 2.17. The van der Waals surface area contributed by atoms with Gasteiger partial charge in [-0.25, -0.2) is 0 Å². The van der Waals surface area contributed by atoms with E-state index in [1.807, 2.05) is 18.3 Å². The third-order valence-corrected chi connectivity index (χ3v) is 3.51. The number of nitrogens with zero attached hydrogens (tertiary/aromatic N) is 1. The molecule has 82 valence electrons. The van der Waals surface area contributed by atoms with E-state index in [-0.39, 0.29) is 0 Å². The number of rotatable bonds is 1. The van der Waals surface area contributed by atoms with Crippen LogP contribution < -0.4 is 0 Å². The molecule has 2 nitrogen and oxygen atoms in total. The second-order valence-corrected chi connectivity index (χ2v) is 4.39. The van der Waals surface area contributed by atoms with E-state index < -0.39 is 0 Å². The molecule has 2 aromatic heterocycles. The van der Waals surface area contributed by atoms with Crippen LogP contribution in [0.15, 0.2) is 24.4 Å². The van der Waals surface area contributed by atoms with Gasteiger partial charge in [0.25, 0.3) is 0 Å². The number of hydrogen-bond donors (Lipinski definition) is 0. The summed E-state index contributed by atoms with van der Waals surface area (Å²) in [5.41, 5.74) is 4.82. The van der Waals surface area contributed by atoms with Gasteiger partial charge in [0.2, 0.25) is 0 Å². The first-order valence-corrected chi connectivity index (χ1v) is 5.97. The van der Waals surface area contributed by atoms with Crippen LogP contribution in [0.4, 0.5) is 0 Å². The van der Waals surface area contributed by atoms with Gasteiger partial charge in [0.15, 0.2) is 5.78 Å². The molecule has 0 bridgehead atoms. The Kier molecular flexibility index (Phi) is 2.10. The zero-order valence-corrected chi connectivity index (χ0v) is 9.49. The van der Waals surface area contributed by atoms with Crippen molar-refractivity contribution < 1.29 is 4.79 Å². The van der Waals surface area contributed by atoms with Crippen molar-refractivity contribution in [2.24, 2.45) is 0 Å². The Bertz CT molecular complexity index is 565. The van der Waals surface area contributed by atoms with E-state index in [1.165, 1.54) is 16.6 Å². The first-order chi connectivity index (χ1) is 7.83. The van der Waals surface area contributed by atoms with Crippen molar-refractivity contribution in [1.29, 1.82) is 0 Å². The quantitative estimate of drug-likeness (QED) is 0.713. The molecular weight excluding hydrogens is 198 g/mol. The van der Waals surface area contributed by atoms with E-state index in [1.54, 1.807) is 0 Å². The second-order valence-electron chi connectivity index (χ2n) is 4.39. The monoisotopic (exact) mass is 213 g/mol. The molecule has 0 N–H and O–H groups in total. The SMILES string of the molecule is CCc1c2c(n3ccccc13)C(=O)CCC2. The number of aryl methyl sites for hydroxylation is 1. The number of pyridine rings is 1. The Balaban J connectivity index is 2.43. The Morgan fingerprint density at radius 1 is 1.31 bits per heavy atom. The van der Waals surface area contributed by atoms with Crippen LogP contribution in [0.3, 0.4) is 0 Å². The van der Waals surface area contributed by atoms with Crippen LogP contribution in [-0.2, 0) is 12.8 Å². The van der Waals surface area contributed by atoms with Gasteiger partial charge in [0.1, 0.15) is 0 Å². The number of aromatic nitrogens is 1. The van der Waals surface area contributed by atoms with Crippen molar-refractivity contribution in [2.45, 2.75) is 32.6 Å². The Morgan fingerprint density at radius 2 is 2.19 bits per heavy atom. The molecule has 0 fully saturated rings. The zero-order valence-electron chi connectivity index (χ0n) is 9.49. The third kappa shape index (κ3) is 1.16. The normalized spacial score (nSPS) is 15.4. The van der Waals surface area contributed by atoms with Crippen molar-refractivity contribution in [3.63, 3.8) is 0 Å². The predicted octanol–water partition coefficient (Wildman–Crippen LogP) is 3.02. The molecule has 3 rings (SSSR count).